The molecule has 0 bridgehead atoms. The van der Waals surface area contributed by atoms with Gasteiger partial charge < -0.3 is 9.73 Å². The van der Waals surface area contributed by atoms with E-state index in [1.54, 1.807) is 24.3 Å². The fourth-order valence-electron chi connectivity index (χ4n) is 2.92. The van der Waals surface area contributed by atoms with Gasteiger partial charge in [0, 0.05) is 17.3 Å². The number of aromatic nitrogens is 2. The number of sulfonamides is 1. The Morgan fingerprint density at radius 2 is 1.89 bits per heavy atom. The molecule has 27 heavy (non-hydrogen) atoms. The lowest BCUT2D eigenvalue weighted by atomic mass is 9.95. The third-order valence-electron chi connectivity index (χ3n) is 4.14. The lowest BCUT2D eigenvalue weighted by Crippen LogP contribution is -2.37. The zero-order valence-corrected chi connectivity index (χ0v) is 16.6. The Kier molecular flexibility index (Phi) is 6.38. The van der Waals surface area contributed by atoms with E-state index in [9.17, 15) is 13.2 Å². The zero-order chi connectivity index (χ0) is 19.3. The highest BCUT2D eigenvalue weighted by atomic mass is 32.2. The van der Waals surface area contributed by atoms with Gasteiger partial charge in [-0.2, -0.15) is 0 Å². The van der Waals surface area contributed by atoms with Crippen LogP contribution in [0.15, 0.2) is 33.9 Å². The van der Waals surface area contributed by atoms with E-state index in [0.717, 1.165) is 19.1 Å². The second-order valence-electron chi connectivity index (χ2n) is 6.52. The molecule has 1 saturated carbocycles. The van der Waals surface area contributed by atoms with E-state index in [1.165, 1.54) is 31.0 Å². The lowest BCUT2D eigenvalue weighted by Gasteiger charge is -2.22. The number of thioether (sulfide) groups is 1. The highest BCUT2D eigenvalue weighted by Gasteiger charge is 2.17. The van der Waals surface area contributed by atoms with Crippen molar-refractivity contribution < 1.29 is 17.6 Å². The molecule has 1 aromatic heterocycles. The summed E-state index contributed by atoms with van der Waals surface area (Å²) in [6.45, 7) is 0. The summed E-state index contributed by atoms with van der Waals surface area (Å²) in [6, 6.07) is 6.89. The van der Waals surface area contributed by atoms with E-state index in [2.05, 4.69) is 20.2 Å². The monoisotopic (exact) mass is 410 g/mol. The molecule has 2 aromatic rings. The molecular weight excluding hydrogens is 388 g/mol. The van der Waals surface area contributed by atoms with Gasteiger partial charge in [0.1, 0.15) is 0 Å². The second-order valence-corrected chi connectivity index (χ2v) is 9.19. The molecule has 1 fully saturated rings. The van der Waals surface area contributed by atoms with Gasteiger partial charge in [0.05, 0.1) is 12.0 Å². The van der Waals surface area contributed by atoms with E-state index in [4.69, 9.17) is 4.42 Å². The predicted molar refractivity (Wildman–Crippen MR) is 104 cm³/mol. The highest BCUT2D eigenvalue weighted by molar-refractivity contribution is 7.99. The molecule has 0 atom stereocenters. The topological polar surface area (TPSA) is 114 Å². The first-order chi connectivity index (χ1) is 12.9. The highest BCUT2D eigenvalue weighted by Crippen LogP contribution is 2.25. The van der Waals surface area contributed by atoms with Crippen molar-refractivity contribution in [2.24, 2.45) is 0 Å². The molecule has 1 aliphatic rings. The van der Waals surface area contributed by atoms with E-state index in [1.807, 2.05) is 0 Å². The number of benzene rings is 1. The van der Waals surface area contributed by atoms with Crippen molar-refractivity contribution in [2.45, 2.75) is 43.4 Å². The Bertz CT molecular complexity index is 875. The van der Waals surface area contributed by atoms with Gasteiger partial charge in [0.2, 0.25) is 21.8 Å². The smallest absolute Gasteiger partial charge is 0.277 e. The van der Waals surface area contributed by atoms with Crippen LogP contribution in [0.3, 0.4) is 0 Å². The van der Waals surface area contributed by atoms with Crippen molar-refractivity contribution in [2.75, 3.05) is 16.7 Å². The third kappa shape index (κ3) is 6.24. The molecule has 1 amide bonds. The van der Waals surface area contributed by atoms with Crippen LogP contribution in [0, 0.1) is 0 Å². The van der Waals surface area contributed by atoms with Crippen LogP contribution in [0.5, 0.6) is 0 Å². The minimum Gasteiger partial charge on any atom is -0.411 e. The molecule has 146 valence electrons. The van der Waals surface area contributed by atoms with Gasteiger partial charge in [-0.05, 0) is 37.1 Å². The average Bonchev–Trinajstić information content (AvgIpc) is 3.09. The standard InChI is InChI=1S/C17H22N4O4S2/c1-27(23,24)21-14-9-7-12(8-10-14)16-19-20-17(25-16)26-11-15(22)18-13-5-3-2-4-6-13/h7-10,13,21H,2-6,11H2,1H3,(H,18,22). The van der Waals surface area contributed by atoms with Crippen molar-refractivity contribution in [3.63, 3.8) is 0 Å². The van der Waals surface area contributed by atoms with Crippen molar-refractivity contribution in [1.29, 1.82) is 0 Å². The summed E-state index contributed by atoms with van der Waals surface area (Å²) in [7, 11) is -3.32. The van der Waals surface area contributed by atoms with Crippen molar-refractivity contribution in [3.05, 3.63) is 24.3 Å². The van der Waals surface area contributed by atoms with Gasteiger partial charge >= 0.3 is 0 Å². The quantitative estimate of drug-likeness (QED) is 0.674. The first-order valence-electron chi connectivity index (χ1n) is 8.73. The Morgan fingerprint density at radius 1 is 1.19 bits per heavy atom. The maximum Gasteiger partial charge on any atom is 0.277 e. The van der Waals surface area contributed by atoms with Gasteiger partial charge in [-0.3, -0.25) is 9.52 Å². The number of amides is 1. The van der Waals surface area contributed by atoms with Crippen LogP contribution in [-0.4, -0.2) is 42.6 Å². The molecule has 1 aromatic carbocycles. The summed E-state index contributed by atoms with van der Waals surface area (Å²) in [6.07, 6.45) is 6.77. The molecule has 10 heteroatoms. The SMILES string of the molecule is CS(=O)(=O)Nc1ccc(-c2nnc(SCC(=O)NC3CCCCC3)o2)cc1. The molecule has 2 N–H and O–H groups in total. The number of carbonyl (C=O) groups is 1. The van der Waals surface area contributed by atoms with E-state index < -0.39 is 10.0 Å². The fraction of sp³-hybridized carbons (Fsp3) is 0.471. The van der Waals surface area contributed by atoms with Gasteiger partial charge in [-0.25, -0.2) is 8.42 Å². The van der Waals surface area contributed by atoms with Crippen molar-refractivity contribution in [1.82, 2.24) is 15.5 Å². The lowest BCUT2D eigenvalue weighted by molar-refractivity contribution is -0.119. The molecule has 0 saturated heterocycles. The molecule has 0 spiro atoms. The maximum absolute atomic E-state index is 12.0. The summed E-state index contributed by atoms with van der Waals surface area (Å²) >= 11 is 1.20. The molecule has 0 radical (unpaired) electrons. The molecule has 1 heterocycles. The van der Waals surface area contributed by atoms with Crippen LogP contribution in [0.2, 0.25) is 0 Å². The Morgan fingerprint density at radius 3 is 2.56 bits per heavy atom. The molecule has 3 rings (SSSR count). The average molecular weight is 411 g/mol. The number of rotatable bonds is 7. The van der Waals surface area contributed by atoms with Gasteiger partial charge in [0.15, 0.2) is 0 Å². The summed E-state index contributed by atoms with van der Waals surface area (Å²) in [4.78, 5) is 12.0. The largest absolute Gasteiger partial charge is 0.411 e. The van der Waals surface area contributed by atoms with Crippen LogP contribution < -0.4 is 10.0 Å². The van der Waals surface area contributed by atoms with Crippen LogP contribution in [0.1, 0.15) is 32.1 Å². The van der Waals surface area contributed by atoms with Gasteiger partial charge in [0.25, 0.3) is 5.22 Å². The molecular formula is C17H22N4O4S2. The van der Waals surface area contributed by atoms with Gasteiger partial charge in [-0.15, -0.1) is 10.2 Å². The van der Waals surface area contributed by atoms with E-state index in [-0.39, 0.29) is 17.7 Å². The van der Waals surface area contributed by atoms with Crippen LogP contribution in [0.25, 0.3) is 11.5 Å². The predicted octanol–water partition coefficient (Wildman–Crippen LogP) is 2.65. The number of hydrogen-bond acceptors (Lipinski definition) is 7. The van der Waals surface area contributed by atoms with Crippen LogP contribution >= 0.6 is 11.8 Å². The summed E-state index contributed by atoms with van der Waals surface area (Å²) < 4.78 is 30.4. The zero-order valence-electron chi connectivity index (χ0n) is 15.0. The number of carbonyl (C=O) groups excluding carboxylic acids is 1. The number of hydrogen-bond donors (Lipinski definition) is 2. The first kappa shape index (κ1) is 19.7. The minimum atomic E-state index is -3.32. The minimum absolute atomic E-state index is 0.0251. The maximum atomic E-state index is 12.0. The second kappa shape index (κ2) is 8.75. The van der Waals surface area contributed by atoms with Crippen LogP contribution in [0.4, 0.5) is 5.69 Å². The molecule has 1 aliphatic carbocycles. The van der Waals surface area contributed by atoms with E-state index >= 15 is 0 Å². The van der Waals surface area contributed by atoms with Crippen molar-refractivity contribution >= 4 is 33.4 Å². The Balaban J connectivity index is 1.52. The summed E-state index contributed by atoms with van der Waals surface area (Å²) in [5.41, 5.74) is 1.12. The Labute approximate surface area is 162 Å². The first-order valence-corrected chi connectivity index (χ1v) is 11.6. The van der Waals surface area contributed by atoms with E-state index in [0.29, 0.717) is 22.4 Å². The van der Waals surface area contributed by atoms with Gasteiger partial charge in [-0.1, -0.05) is 31.0 Å². The summed E-state index contributed by atoms with van der Waals surface area (Å²) in [5.74, 6) is 0.522. The molecule has 0 aliphatic heterocycles. The molecule has 0 unspecified atom stereocenters. The molecule has 8 nitrogen and oxygen atoms in total. The fourth-order valence-corrected chi connectivity index (χ4v) is 4.06. The number of anilines is 1. The number of nitrogens with zero attached hydrogens (tertiary/aromatic N) is 2. The Hall–Kier alpha value is -2.07. The van der Waals surface area contributed by atoms with Crippen molar-refractivity contribution in [3.8, 4) is 11.5 Å². The number of nitrogens with one attached hydrogen (secondary N) is 2. The normalized spacial score (nSPS) is 15.4. The van der Waals surface area contributed by atoms with Crippen LogP contribution in [-0.2, 0) is 14.8 Å². The third-order valence-corrected chi connectivity index (χ3v) is 5.56. The summed E-state index contributed by atoms with van der Waals surface area (Å²) in [5, 5.41) is 11.3.